The van der Waals surface area contributed by atoms with Gasteiger partial charge in [0.2, 0.25) is 0 Å². The van der Waals surface area contributed by atoms with Gasteiger partial charge in [-0.3, -0.25) is 4.79 Å². The van der Waals surface area contributed by atoms with Crippen molar-refractivity contribution in [2.75, 3.05) is 37.6 Å². The summed E-state index contributed by atoms with van der Waals surface area (Å²) in [5.74, 6) is 0.984. The number of carbonyl (C=O) groups is 1. The second-order valence-corrected chi connectivity index (χ2v) is 8.72. The van der Waals surface area contributed by atoms with Crippen molar-refractivity contribution in [1.82, 2.24) is 10.2 Å². The van der Waals surface area contributed by atoms with Crippen LogP contribution in [-0.2, 0) is 6.42 Å². The molecule has 1 aromatic carbocycles. The second kappa shape index (κ2) is 10.0. The summed E-state index contributed by atoms with van der Waals surface area (Å²) in [6.45, 7) is 7.49. The molecule has 2 aromatic rings. The Bertz CT molecular complexity index is 912. The van der Waals surface area contributed by atoms with Crippen molar-refractivity contribution in [2.45, 2.75) is 45.1 Å². The third-order valence-electron chi connectivity index (χ3n) is 6.72. The van der Waals surface area contributed by atoms with Gasteiger partial charge < -0.3 is 19.5 Å². The Balaban J connectivity index is 1.21. The second-order valence-electron chi connectivity index (χ2n) is 8.72. The van der Waals surface area contributed by atoms with E-state index in [0.29, 0.717) is 11.7 Å². The first-order valence-electron chi connectivity index (χ1n) is 11.5. The quantitative estimate of drug-likeness (QED) is 0.737. The van der Waals surface area contributed by atoms with Gasteiger partial charge in [-0.25, -0.2) is 0 Å². The number of nitrogens with one attached hydrogen (secondary N) is 1. The molecule has 1 N–H and O–H groups in total. The zero-order valence-electron chi connectivity index (χ0n) is 18.3. The van der Waals surface area contributed by atoms with Crippen LogP contribution in [0.5, 0.6) is 0 Å². The minimum Gasteiger partial charge on any atom is -0.459 e. The van der Waals surface area contributed by atoms with Gasteiger partial charge in [-0.2, -0.15) is 5.26 Å². The highest BCUT2D eigenvalue weighted by Gasteiger charge is 2.31. The van der Waals surface area contributed by atoms with Gasteiger partial charge in [-0.1, -0.05) is 13.0 Å². The Kier molecular flexibility index (Phi) is 6.93. The normalized spacial score (nSPS) is 21.7. The first-order valence-corrected chi connectivity index (χ1v) is 11.5. The van der Waals surface area contributed by atoms with Crippen LogP contribution in [0.15, 0.2) is 41.0 Å². The molecule has 1 amide bonds. The van der Waals surface area contributed by atoms with Gasteiger partial charge in [0.1, 0.15) is 0 Å². The average Bonchev–Trinajstić information content (AvgIpc) is 3.21. The molecule has 4 rings (SSSR count). The number of hydrogen-bond acceptors (Lipinski definition) is 5. The van der Waals surface area contributed by atoms with Crippen LogP contribution in [0, 0.1) is 17.2 Å². The molecule has 2 aliphatic rings. The largest absolute Gasteiger partial charge is 0.459 e. The Labute approximate surface area is 184 Å². The Morgan fingerprint density at radius 1 is 1.19 bits per heavy atom. The standard InChI is InChI=1S/C25H32N4O2/c1-2-22-20(18-26)6-3-7-23(22)29-11-5-10-28(13-14-29)12-9-19-16-21(17-19)27-25(30)24-8-4-15-31-24/h3-4,6-8,15,19,21H,2,5,9-14,16-17H2,1H3,(H,27,30)/t19-,21+. The summed E-state index contributed by atoms with van der Waals surface area (Å²) in [6, 6.07) is 12.2. The van der Waals surface area contributed by atoms with Crippen LogP contribution in [0.25, 0.3) is 0 Å². The van der Waals surface area contributed by atoms with Crippen molar-refractivity contribution in [3.8, 4) is 6.07 Å². The molecule has 2 heterocycles. The van der Waals surface area contributed by atoms with E-state index in [1.807, 2.05) is 12.1 Å². The summed E-state index contributed by atoms with van der Waals surface area (Å²) in [6.07, 6.45) is 6.88. The maximum Gasteiger partial charge on any atom is 0.287 e. The van der Waals surface area contributed by atoms with E-state index >= 15 is 0 Å². The molecule has 6 nitrogen and oxygen atoms in total. The topological polar surface area (TPSA) is 72.5 Å². The zero-order chi connectivity index (χ0) is 21.6. The molecule has 0 radical (unpaired) electrons. The van der Waals surface area contributed by atoms with Gasteiger partial charge in [0.05, 0.1) is 17.9 Å². The van der Waals surface area contributed by atoms with E-state index < -0.39 is 0 Å². The SMILES string of the molecule is CCc1c(C#N)cccc1N1CCCN(CC[C@H]2C[C@@H](NC(=O)c3ccco3)C2)CC1. The Morgan fingerprint density at radius 3 is 2.81 bits per heavy atom. The van der Waals surface area contributed by atoms with Gasteiger partial charge in [0.15, 0.2) is 5.76 Å². The highest BCUT2D eigenvalue weighted by Crippen LogP contribution is 2.31. The molecule has 0 bridgehead atoms. The van der Waals surface area contributed by atoms with Crippen molar-refractivity contribution in [3.63, 3.8) is 0 Å². The molecule has 1 aliphatic heterocycles. The Hall–Kier alpha value is -2.78. The molecule has 164 valence electrons. The van der Waals surface area contributed by atoms with Crippen LogP contribution in [0.2, 0.25) is 0 Å². The molecule has 1 aliphatic carbocycles. The molecule has 1 aromatic heterocycles. The van der Waals surface area contributed by atoms with Crippen molar-refractivity contribution in [2.24, 2.45) is 5.92 Å². The number of rotatable bonds is 7. The molecular weight excluding hydrogens is 388 g/mol. The summed E-state index contributed by atoms with van der Waals surface area (Å²) in [7, 11) is 0. The molecule has 1 saturated carbocycles. The maximum absolute atomic E-state index is 12.1. The van der Waals surface area contributed by atoms with Crippen molar-refractivity contribution in [1.29, 1.82) is 5.26 Å². The van der Waals surface area contributed by atoms with Crippen molar-refractivity contribution < 1.29 is 9.21 Å². The number of nitrogens with zero attached hydrogens (tertiary/aromatic N) is 3. The summed E-state index contributed by atoms with van der Waals surface area (Å²) < 4.78 is 5.16. The van der Waals surface area contributed by atoms with Crippen LogP contribution in [-0.4, -0.2) is 49.6 Å². The van der Waals surface area contributed by atoms with Crippen LogP contribution in [0.4, 0.5) is 5.69 Å². The predicted octanol–water partition coefficient (Wildman–Crippen LogP) is 3.82. The molecule has 2 fully saturated rings. The van der Waals surface area contributed by atoms with Gasteiger partial charge in [0.25, 0.3) is 5.91 Å². The van der Waals surface area contributed by atoms with E-state index in [-0.39, 0.29) is 11.9 Å². The van der Waals surface area contributed by atoms with Crippen LogP contribution in [0.3, 0.4) is 0 Å². The summed E-state index contributed by atoms with van der Waals surface area (Å²) in [4.78, 5) is 17.1. The van der Waals surface area contributed by atoms with Gasteiger partial charge in [-0.05, 0) is 80.9 Å². The lowest BCUT2D eigenvalue weighted by Crippen LogP contribution is -2.45. The number of hydrogen-bond donors (Lipinski definition) is 1. The van der Waals surface area contributed by atoms with E-state index in [1.54, 1.807) is 12.1 Å². The minimum atomic E-state index is -0.104. The predicted molar refractivity (Wildman–Crippen MR) is 121 cm³/mol. The van der Waals surface area contributed by atoms with Gasteiger partial charge >= 0.3 is 0 Å². The van der Waals surface area contributed by atoms with Crippen LogP contribution >= 0.6 is 0 Å². The smallest absolute Gasteiger partial charge is 0.287 e. The van der Waals surface area contributed by atoms with E-state index in [0.717, 1.165) is 64.0 Å². The minimum absolute atomic E-state index is 0.104. The number of carbonyl (C=O) groups excluding carboxylic acids is 1. The fourth-order valence-electron chi connectivity index (χ4n) is 4.90. The molecule has 1 saturated heterocycles. The van der Waals surface area contributed by atoms with Gasteiger partial charge in [-0.15, -0.1) is 0 Å². The average molecular weight is 421 g/mol. The summed E-state index contributed by atoms with van der Waals surface area (Å²) >= 11 is 0. The van der Waals surface area contributed by atoms with Crippen molar-refractivity contribution in [3.05, 3.63) is 53.5 Å². The molecule has 0 spiro atoms. The number of benzene rings is 1. The maximum atomic E-state index is 12.1. The zero-order valence-corrected chi connectivity index (χ0v) is 18.3. The number of anilines is 1. The number of amides is 1. The van der Waals surface area contributed by atoms with E-state index in [9.17, 15) is 10.1 Å². The number of furan rings is 1. The first-order chi connectivity index (χ1) is 15.2. The van der Waals surface area contributed by atoms with E-state index in [1.165, 1.54) is 23.9 Å². The summed E-state index contributed by atoms with van der Waals surface area (Å²) in [5.41, 5.74) is 3.22. The molecule has 0 atom stereocenters. The highest BCUT2D eigenvalue weighted by molar-refractivity contribution is 5.91. The molecule has 31 heavy (non-hydrogen) atoms. The fourth-order valence-corrected chi connectivity index (χ4v) is 4.90. The lowest BCUT2D eigenvalue weighted by molar-refractivity contribution is 0.0851. The molecular formula is C25H32N4O2. The highest BCUT2D eigenvalue weighted by atomic mass is 16.3. The lowest BCUT2D eigenvalue weighted by atomic mass is 9.78. The first kappa shape index (κ1) is 21.5. The van der Waals surface area contributed by atoms with Crippen molar-refractivity contribution >= 4 is 11.6 Å². The van der Waals surface area contributed by atoms with E-state index in [4.69, 9.17) is 4.42 Å². The fraction of sp³-hybridized carbons (Fsp3) is 0.520. The number of nitriles is 1. The van der Waals surface area contributed by atoms with Crippen LogP contribution in [0.1, 0.15) is 54.3 Å². The van der Waals surface area contributed by atoms with Crippen LogP contribution < -0.4 is 10.2 Å². The third kappa shape index (κ3) is 5.11. The monoisotopic (exact) mass is 420 g/mol. The molecule has 6 heteroatoms. The third-order valence-corrected chi connectivity index (χ3v) is 6.72. The molecule has 0 unspecified atom stereocenters. The van der Waals surface area contributed by atoms with Gasteiger partial charge in [0, 0.05) is 31.4 Å². The van der Waals surface area contributed by atoms with E-state index in [2.05, 4.69) is 34.2 Å². The lowest BCUT2D eigenvalue weighted by Gasteiger charge is -2.36. The Morgan fingerprint density at radius 2 is 2.06 bits per heavy atom. The summed E-state index contributed by atoms with van der Waals surface area (Å²) in [5, 5.41) is 12.5.